The van der Waals surface area contributed by atoms with Crippen LogP contribution in [0, 0.1) is 0 Å². The first-order valence-electron chi connectivity index (χ1n) is 8.54. The number of carbonyl (C=O) groups is 3. The highest BCUT2D eigenvalue weighted by molar-refractivity contribution is 6.40. The fourth-order valence-electron chi connectivity index (χ4n) is 2.63. The van der Waals surface area contributed by atoms with Gasteiger partial charge in [-0.3, -0.25) is 9.59 Å². The smallest absolute Gasteiger partial charge is 0.330 e. The summed E-state index contributed by atoms with van der Waals surface area (Å²) in [5, 5.41) is 5.17. The molecule has 0 aliphatic carbocycles. The summed E-state index contributed by atoms with van der Waals surface area (Å²) >= 11 is 12.6. The number of nitrogens with zero attached hydrogens (tertiary/aromatic N) is 1. The SMILES string of the molecule is COC(=O)[C@H](CNC(=O)CN)NC(=O)c1c(Cl)cc(N2CCOCC2)cc1Cl. The molecule has 0 aromatic heterocycles. The number of halogens is 2. The topological polar surface area (TPSA) is 123 Å². The van der Waals surface area contributed by atoms with Crippen molar-refractivity contribution >= 4 is 46.7 Å². The molecule has 1 aromatic rings. The maximum Gasteiger partial charge on any atom is 0.330 e. The van der Waals surface area contributed by atoms with Gasteiger partial charge in [-0.2, -0.15) is 0 Å². The van der Waals surface area contributed by atoms with Crippen molar-refractivity contribution < 1.29 is 23.9 Å². The Kier molecular flexibility index (Phi) is 8.31. The van der Waals surface area contributed by atoms with E-state index in [4.69, 9.17) is 33.7 Å². The summed E-state index contributed by atoms with van der Waals surface area (Å²) in [6.45, 7) is 2.12. The lowest BCUT2D eigenvalue weighted by atomic mass is 10.1. The van der Waals surface area contributed by atoms with Crippen molar-refractivity contribution in [2.24, 2.45) is 5.73 Å². The van der Waals surface area contributed by atoms with Crippen molar-refractivity contribution in [2.45, 2.75) is 6.04 Å². The Hall–Kier alpha value is -2.07. The monoisotopic (exact) mass is 432 g/mol. The number of morpholine rings is 1. The Bertz CT molecular complexity index is 717. The van der Waals surface area contributed by atoms with Crippen LogP contribution < -0.4 is 21.3 Å². The van der Waals surface area contributed by atoms with Gasteiger partial charge >= 0.3 is 5.97 Å². The summed E-state index contributed by atoms with van der Waals surface area (Å²) in [6, 6.07) is 2.15. The van der Waals surface area contributed by atoms with Crippen molar-refractivity contribution in [3.05, 3.63) is 27.7 Å². The van der Waals surface area contributed by atoms with Crippen LogP contribution in [0.1, 0.15) is 10.4 Å². The molecule has 0 bridgehead atoms. The molecule has 0 saturated carbocycles. The van der Waals surface area contributed by atoms with Gasteiger partial charge in [0.1, 0.15) is 6.04 Å². The number of hydrogen-bond acceptors (Lipinski definition) is 7. The molecule has 1 aromatic carbocycles. The summed E-state index contributed by atoms with van der Waals surface area (Å²) in [5.74, 6) is -1.88. The van der Waals surface area contributed by atoms with Crippen molar-refractivity contribution in [1.82, 2.24) is 10.6 Å². The van der Waals surface area contributed by atoms with Crippen LogP contribution in [0.4, 0.5) is 5.69 Å². The van der Waals surface area contributed by atoms with E-state index in [0.717, 1.165) is 5.69 Å². The predicted molar refractivity (Wildman–Crippen MR) is 105 cm³/mol. The maximum absolute atomic E-state index is 12.7. The van der Waals surface area contributed by atoms with Gasteiger partial charge in [-0.1, -0.05) is 23.2 Å². The molecule has 11 heteroatoms. The van der Waals surface area contributed by atoms with Crippen molar-refractivity contribution in [3.63, 3.8) is 0 Å². The number of ether oxygens (including phenoxy) is 2. The summed E-state index contributed by atoms with van der Waals surface area (Å²) in [5.41, 5.74) is 6.01. The number of rotatable bonds is 7. The fourth-order valence-corrected chi connectivity index (χ4v) is 3.28. The minimum absolute atomic E-state index is 0.0272. The zero-order valence-electron chi connectivity index (χ0n) is 15.3. The fraction of sp³-hybridized carbons (Fsp3) is 0.471. The Balaban J connectivity index is 2.16. The second-order valence-electron chi connectivity index (χ2n) is 5.94. The molecular formula is C17H22Cl2N4O5. The Morgan fingerprint density at radius 3 is 2.39 bits per heavy atom. The zero-order valence-corrected chi connectivity index (χ0v) is 16.8. The minimum atomic E-state index is -1.13. The standard InChI is InChI=1S/C17H22Cl2N4O5/c1-27-17(26)13(9-21-14(24)8-20)22-16(25)15-11(18)6-10(7-12(15)19)23-2-4-28-5-3-23/h6-7,13H,2-5,8-9,20H2,1H3,(H,21,24)(H,22,25)/t13-/m0/s1. The number of benzene rings is 1. The molecule has 0 spiro atoms. The molecule has 1 aliphatic rings. The molecule has 2 amide bonds. The van der Waals surface area contributed by atoms with Crippen LogP contribution in [0.15, 0.2) is 12.1 Å². The van der Waals surface area contributed by atoms with E-state index in [1.54, 1.807) is 12.1 Å². The number of nitrogens with two attached hydrogens (primary N) is 1. The third kappa shape index (κ3) is 5.71. The predicted octanol–water partition coefficient (Wildman–Crippen LogP) is 0.176. The summed E-state index contributed by atoms with van der Waals surface area (Å²) in [7, 11) is 1.17. The van der Waals surface area contributed by atoms with Crippen LogP contribution in [-0.4, -0.2) is 70.3 Å². The zero-order chi connectivity index (χ0) is 20.7. The van der Waals surface area contributed by atoms with E-state index in [2.05, 4.69) is 15.4 Å². The molecule has 2 rings (SSSR count). The van der Waals surface area contributed by atoms with E-state index < -0.39 is 23.8 Å². The maximum atomic E-state index is 12.7. The van der Waals surface area contributed by atoms with Gasteiger partial charge in [0.05, 0.1) is 42.5 Å². The second-order valence-corrected chi connectivity index (χ2v) is 6.76. The molecular weight excluding hydrogens is 411 g/mol. The van der Waals surface area contributed by atoms with Crippen molar-refractivity contribution in [2.75, 3.05) is 51.4 Å². The molecule has 28 heavy (non-hydrogen) atoms. The number of methoxy groups -OCH3 is 1. The Labute approximate surface area is 172 Å². The first kappa shape index (κ1) is 22.2. The molecule has 0 radical (unpaired) electrons. The summed E-state index contributed by atoms with van der Waals surface area (Å²) in [6.07, 6.45) is 0. The van der Waals surface area contributed by atoms with Crippen LogP contribution >= 0.6 is 23.2 Å². The lowest BCUT2D eigenvalue weighted by Gasteiger charge is -2.29. The number of carbonyl (C=O) groups excluding carboxylic acids is 3. The van der Waals surface area contributed by atoms with E-state index in [1.807, 2.05) is 4.90 Å². The van der Waals surface area contributed by atoms with Gasteiger partial charge in [0, 0.05) is 25.3 Å². The van der Waals surface area contributed by atoms with Gasteiger partial charge in [0.25, 0.3) is 5.91 Å². The van der Waals surface area contributed by atoms with Crippen molar-refractivity contribution in [3.8, 4) is 0 Å². The highest BCUT2D eigenvalue weighted by Crippen LogP contribution is 2.31. The van der Waals surface area contributed by atoms with Crippen LogP contribution in [-0.2, 0) is 19.1 Å². The average molecular weight is 433 g/mol. The largest absolute Gasteiger partial charge is 0.467 e. The lowest BCUT2D eigenvalue weighted by molar-refractivity contribution is -0.142. The van der Waals surface area contributed by atoms with Gasteiger partial charge in [-0.15, -0.1) is 0 Å². The van der Waals surface area contributed by atoms with Gasteiger partial charge in [-0.25, -0.2) is 4.79 Å². The summed E-state index contributed by atoms with van der Waals surface area (Å²) in [4.78, 5) is 37.9. The van der Waals surface area contributed by atoms with Gasteiger partial charge < -0.3 is 30.7 Å². The Morgan fingerprint density at radius 2 is 1.86 bits per heavy atom. The molecule has 154 valence electrons. The molecule has 1 atom stereocenters. The molecule has 1 fully saturated rings. The number of amides is 2. The highest BCUT2D eigenvalue weighted by Gasteiger charge is 2.26. The second kappa shape index (κ2) is 10.5. The molecule has 1 saturated heterocycles. The van der Waals surface area contributed by atoms with Gasteiger partial charge in [0.15, 0.2) is 0 Å². The molecule has 1 heterocycles. The number of nitrogens with one attached hydrogen (secondary N) is 2. The van der Waals surface area contributed by atoms with Crippen molar-refractivity contribution in [1.29, 1.82) is 0 Å². The molecule has 4 N–H and O–H groups in total. The minimum Gasteiger partial charge on any atom is -0.467 e. The van der Waals surface area contributed by atoms with Gasteiger partial charge in [-0.05, 0) is 12.1 Å². The highest BCUT2D eigenvalue weighted by atomic mass is 35.5. The normalized spacial score (nSPS) is 14.9. The van der Waals surface area contributed by atoms with Crippen LogP contribution in [0.2, 0.25) is 10.0 Å². The number of hydrogen-bond donors (Lipinski definition) is 3. The third-order valence-electron chi connectivity index (χ3n) is 4.11. The molecule has 9 nitrogen and oxygen atoms in total. The van der Waals surface area contributed by atoms with E-state index in [9.17, 15) is 14.4 Å². The quantitative estimate of drug-likeness (QED) is 0.524. The molecule has 0 unspecified atom stereocenters. The first-order chi connectivity index (χ1) is 13.4. The van der Waals surface area contributed by atoms with E-state index in [0.29, 0.717) is 26.3 Å². The van der Waals surface area contributed by atoms with Crippen LogP contribution in [0.3, 0.4) is 0 Å². The average Bonchev–Trinajstić information content (AvgIpc) is 2.70. The molecule has 1 aliphatic heterocycles. The number of anilines is 1. The lowest BCUT2D eigenvalue weighted by Crippen LogP contribution is -2.49. The Morgan fingerprint density at radius 1 is 1.25 bits per heavy atom. The summed E-state index contributed by atoms with van der Waals surface area (Å²) < 4.78 is 9.97. The van der Waals surface area contributed by atoms with E-state index in [1.165, 1.54) is 7.11 Å². The van der Waals surface area contributed by atoms with E-state index >= 15 is 0 Å². The first-order valence-corrected chi connectivity index (χ1v) is 9.30. The number of esters is 1. The van der Waals surface area contributed by atoms with Crippen LogP contribution in [0.5, 0.6) is 0 Å². The van der Waals surface area contributed by atoms with Gasteiger partial charge in [0.2, 0.25) is 5.91 Å². The van der Waals surface area contributed by atoms with Crippen LogP contribution in [0.25, 0.3) is 0 Å². The third-order valence-corrected chi connectivity index (χ3v) is 4.71. The van der Waals surface area contributed by atoms with E-state index in [-0.39, 0.29) is 28.7 Å².